The molecular weight excluding hydrogens is 454 g/mol. The second kappa shape index (κ2) is 9.26. The van der Waals surface area contributed by atoms with E-state index in [1.165, 1.54) is 22.5 Å². The first-order valence-corrected chi connectivity index (χ1v) is 11.9. The standard InChI is InChI=1S/C25H23N3O5S/c29-23(30)9-15-11-28(12-15)24(31)21-14-34-22(27-21)10-26-25(32)33-13-20-18-7-3-1-5-16(18)17-6-2-4-8-19(17)20/h1-8,14-15,20H,9-13H2,(H,26,32)(H,29,30). The summed E-state index contributed by atoms with van der Waals surface area (Å²) in [5.74, 6) is -1.09. The number of carbonyl (C=O) groups excluding carboxylic acids is 2. The number of nitrogens with one attached hydrogen (secondary N) is 1. The summed E-state index contributed by atoms with van der Waals surface area (Å²) in [6, 6.07) is 16.3. The van der Waals surface area contributed by atoms with Gasteiger partial charge in [-0.3, -0.25) is 9.59 Å². The fourth-order valence-corrected chi connectivity index (χ4v) is 5.27. The number of benzene rings is 2. The van der Waals surface area contributed by atoms with Gasteiger partial charge in [0, 0.05) is 30.3 Å². The number of alkyl carbamates (subject to hydrolysis) is 1. The summed E-state index contributed by atoms with van der Waals surface area (Å²) in [6.45, 7) is 1.25. The molecule has 0 saturated carbocycles. The highest BCUT2D eigenvalue weighted by molar-refractivity contribution is 7.09. The molecule has 1 saturated heterocycles. The van der Waals surface area contributed by atoms with Gasteiger partial charge in [-0.2, -0.15) is 0 Å². The van der Waals surface area contributed by atoms with Crippen LogP contribution in [0.5, 0.6) is 0 Å². The Morgan fingerprint density at radius 2 is 1.71 bits per heavy atom. The van der Waals surface area contributed by atoms with Crippen LogP contribution in [0.2, 0.25) is 0 Å². The van der Waals surface area contributed by atoms with Gasteiger partial charge in [0.25, 0.3) is 5.91 Å². The van der Waals surface area contributed by atoms with Gasteiger partial charge in [-0.1, -0.05) is 48.5 Å². The number of aromatic nitrogens is 1. The molecule has 0 unspecified atom stereocenters. The van der Waals surface area contributed by atoms with Gasteiger partial charge in [0.1, 0.15) is 17.3 Å². The molecule has 1 aliphatic carbocycles. The van der Waals surface area contributed by atoms with E-state index in [1.807, 2.05) is 24.3 Å². The van der Waals surface area contributed by atoms with Crippen molar-refractivity contribution in [2.45, 2.75) is 18.9 Å². The molecule has 1 fully saturated rings. The predicted octanol–water partition coefficient (Wildman–Crippen LogP) is 3.73. The van der Waals surface area contributed by atoms with Crippen molar-refractivity contribution in [1.29, 1.82) is 0 Å². The predicted molar refractivity (Wildman–Crippen MR) is 126 cm³/mol. The number of likely N-dealkylation sites (tertiary alicyclic amines) is 1. The van der Waals surface area contributed by atoms with Crippen LogP contribution in [0.15, 0.2) is 53.9 Å². The monoisotopic (exact) mass is 477 g/mol. The summed E-state index contributed by atoms with van der Waals surface area (Å²) in [4.78, 5) is 41.5. The quantitative estimate of drug-likeness (QED) is 0.537. The molecule has 1 aliphatic heterocycles. The van der Waals surface area contributed by atoms with Crippen molar-refractivity contribution in [2.24, 2.45) is 5.92 Å². The molecule has 0 radical (unpaired) electrons. The molecule has 174 valence electrons. The highest BCUT2D eigenvalue weighted by Crippen LogP contribution is 2.44. The molecule has 8 nitrogen and oxygen atoms in total. The maximum atomic E-state index is 12.5. The van der Waals surface area contributed by atoms with Crippen molar-refractivity contribution in [1.82, 2.24) is 15.2 Å². The Kier molecular flexibility index (Phi) is 6.02. The van der Waals surface area contributed by atoms with Crippen molar-refractivity contribution in [3.63, 3.8) is 0 Å². The van der Waals surface area contributed by atoms with Gasteiger partial charge in [-0.15, -0.1) is 11.3 Å². The molecule has 0 spiro atoms. The number of thiazole rings is 1. The number of nitrogens with zero attached hydrogens (tertiary/aromatic N) is 2. The number of carbonyl (C=O) groups is 3. The number of amides is 2. The van der Waals surface area contributed by atoms with Crippen molar-refractivity contribution in [3.05, 3.63) is 75.7 Å². The van der Waals surface area contributed by atoms with Crippen LogP contribution in [-0.2, 0) is 16.1 Å². The number of carboxylic acids is 1. The van der Waals surface area contributed by atoms with E-state index in [1.54, 1.807) is 10.3 Å². The minimum atomic E-state index is -0.854. The largest absolute Gasteiger partial charge is 0.481 e. The van der Waals surface area contributed by atoms with Crippen LogP contribution in [0.1, 0.15) is 39.0 Å². The Morgan fingerprint density at radius 1 is 1.06 bits per heavy atom. The lowest BCUT2D eigenvalue weighted by Gasteiger charge is -2.38. The average molecular weight is 478 g/mol. The van der Waals surface area contributed by atoms with Crippen molar-refractivity contribution in [2.75, 3.05) is 19.7 Å². The zero-order valence-corrected chi connectivity index (χ0v) is 19.1. The lowest BCUT2D eigenvalue weighted by atomic mass is 9.96. The number of hydrogen-bond acceptors (Lipinski definition) is 6. The Morgan fingerprint density at radius 3 is 2.35 bits per heavy atom. The van der Waals surface area contributed by atoms with Gasteiger partial charge in [-0.25, -0.2) is 9.78 Å². The first-order chi connectivity index (χ1) is 16.5. The second-order valence-electron chi connectivity index (χ2n) is 8.48. The SMILES string of the molecule is O=C(O)CC1CN(C(=O)c2csc(CNC(=O)OCC3c4ccccc4-c4ccccc43)n2)C1. The van der Waals surface area contributed by atoms with Gasteiger partial charge in [-0.05, 0) is 22.3 Å². The third-order valence-electron chi connectivity index (χ3n) is 6.21. The fraction of sp³-hybridized carbons (Fsp3) is 0.280. The van der Waals surface area contributed by atoms with Crippen LogP contribution in [0.25, 0.3) is 11.1 Å². The van der Waals surface area contributed by atoms with Crippen molar-refractivity contribution in [3.8, 4) is 11.1 Å². The molecule has 34 heavy (non-hydrogen) atoms. The summed E-state index contributed by atoms with van der Waals surface area (Å²) >= 11 is 1.29. The second-order valence-corrected chi connectivity index (χ2v) is 9.42. The lowest BCUT2D eigenvalue weighted by Crippen LogP contribution is -2.50. The third-order valence-corrected chi connectivity index (χ3v) is 7.05. The van der Waals surface area contributed by atoms with Crippen LogP contribution in [0.4, 0.5) is 4.79 Å². The number of carboxylic acid groups (broad SMARTS) is 1. The third kappa shape index (κ3) is 4.38. The van der Waals surface area contributed by atoms with Crippen LogP contribution in [0, 0.1) is 5.92 Å². The molecule has 2 N–H and O–H groups in total. The van der Waals surface area contributed by atoms with Gasteiger partial charge in [0.15, 0.2) is 0 Å². The van der Waals surface area contributed by atoms with E-state index >= 15 is 0 Å². The molecule has 2 aromatic carbocycles. The van der Waals surface area contributed by atoms with Crippen LogP contribution >= 0.6 is 11.3 Å². The smallest absolute Gasteiger partial charge is 0.407 e. The molecule has 1 aromatic heterocycles. The minimum Gasteiger partial charge on any atom is -0.481 e. The zero-order valence-electron chi connectivity index (χ0n) is 18.3. The first kappa shape index (κ1) is 22.1. The van der Waals surface area contributed by atoms with Gasteiger partial charge in [0.05, 0.1) is 13.0 Å². The molecule has 0 bridgehead atoms. The summed E-state index contributed by atoms with van der Waals surface area (Å²) in [7, 11) is 0. The van der Waals surface area contributed by atoms with Crippen molar-refractivity contribution < 1.29 is 24.2 Å². The Balaban J connectivity index is 1.12. The fourth-order valence-electron chi connectivity index (χ4n) is 4.56. The summed E-state index contributed by atoms with van der Waals surface area (Å²) in [5.41, 5.74) is 4.95. The van der Waals surface area contributed by atoms with Crippen LogP contribution in [0.3, 0.4) is 0 Å². The lowest BCUT2D eigenvalue weighted by molar-refractivity contribution is -0.139. The van der Waals surface area contributed by atoms with Gasteiger partial charge < -0.3 is 20.1 Å². The van der Waals surface area contributed by atoms with Gasteiger partial charge >= 0.3 is 12.1 Å². The maximum absolute atomic E-state index is 12.5. The van der Waals surface area contributed by atoms with E-state index < -0.39 is 12.1 Å². The average Bonchev–Trinajstić information content (AvgIpc) is 3.41. The minimum absolute atomic E-state index is 0.00482. The zero-order chi connectivity index (χ0) is 23.7. The van der Waals surface area contributed by atoms with Crippen LogP contribution < -0.4 is 5.32 Å². The highest BCUT2D eigenvalue weighted by atomic mass is 32.1. The number of ether oxygens (including phenoxy) is 1. The van der Waals surface area contributed by atoms with E-state index in [-0.39, 0.29) is 37.3 Å². The summed E-state index contributed by atoms with van der Waals surface area (Å²) in [6.07, 6.45) is -0.472. The van der Waals surface area contributed by atoms with Crippen molar-refractivity contribution >= 4 is 29.3 Å². The Labute approximate surface area is 200 Å². The van der Waals surface area contributed by atoms with E-state index in [4.69, 9.17) is 9.84 Å². The van der Waals surface area contributed by atoms with Gasteiger partial charge in [0.2, 0.25) is 0 Å². The van der Waals surface area contributed by atoms with E-state index in [9.17, 15) is 14.4 Å². The first-order valence-electron chi connectivity index (χ1n) is 11.0. The highest BCUT2D eigenvalue weighted by Gasteiger charge is 2.33. The molecular formula is C25H23N3O5S. The molecule has 2 heterocycles. The summed E-state index contributed by atoms with van der Waals surface area (Å²) < 4.78 is 5.53. The molecule has 0 atom stereocenters. The number of rotatable bonds is 7. The molecule has 5 rings (SSSR count). The Bertz CT molecular complexity index is 1210. The number of aliphatic carboxylic acids is 1. The maximum Gasteiger partial charge on any atom is 0.407 e. The van der Waals surface area contributed by atoms with E-state index in [0.29, 0.717) is 23.8 Å². The molecule has 2 amide bonds. The topological polar surface area (TPSA) is 109 Å². The summed E-state index contributed by atoms with van der Waals surface area (Å²) in [5, 5.41) is 13.8. The van der Waals surface area contributed by atoms with E-state index in [0.717, 1.165) is 11.1 Å². The number of hydrogen-bond donors (Lipinski definition) is 2. The molecule has 9 heteroatoms. The normalized spacial score (nSPS) is 14.8. The number of fused-ring (bicyclic) bond motifs is 3. The van der Waals surface area contributed by atoms with E-state index in [2.05, 4.69) is 34.6 Å². The Hall–Kier alpha value is -3.72. The van der Waals surface area contributed by atoms with Crippen LogP contribution in [-0.4, -0.2) is 52.7 Å². The molecule has 2 aliphatic rings. The molecule has 3 aromatic rings.